The predicted octanol–water partition coefficient (Wildman–Crippen LogP) is 4.72. The Labute approximate surface area is 133 Å². The topological polar surface area (TPSA) is 29.5 Å². The third-order valence-corrected chi connectivity index (χ3v) is 5.12. The average molecular weight is 329 g/mol. The molecule has 6 heteroatoms. The maximum Gasteiger partial charge on any atom is 0.411 e. The minimum atomic E-state index is -2.60. The summed E-state index contributed by atoms with van der Waals surface area (Å²) in [6.45, 7) is 5.54. The SMILES string of the molecule is CC(C)(C)OC(=O)N1CCc2scc(C3CC3)c2C1C(F)F. The lowest BCUT2D eigenvalue weighted by Gasteiger charge is -2.37. The molecule has 1 fully saturated rings. The molecule has 0 N–H and O–H groups in total. The summed E-state index contributed by atoms with van der Waals surface area (Å²) in [4.78, 5) is 14.6. The van der Waals surface area contributed by atoms with Gasteiger partial charge in [0.1, 0.15) is 11.6 Å². The normalized spacial score (nSPS) is 21.9. The van der Waals surface area contributed by atoms with Crippen molar-refractivity contribution >= 4 is 17.4 Å². The van der Waals surface area contributed by atoms with Gasteiger partial charge in [-0.2, -0.15) is 0 Å². The van der Waals surface area contributed by atoms with Gasteiger partial charge in [-0.05, 0) is 62.5 Å². The fraction of sp³-hybridized carbons (Fsp3) is 0.688. The molecule has 1 aromatic rings. The Morgan fingerprint density at radius 2 is 2.09 bits per heavy atom. The Kier molecular flexibility index (Phi) is 3.91. The Morgan fingerprint density at radius 3 is 2.64 bits per heavy atom. The van der Waals surface area contributed by atoms with Gasteiger partial charge in [-0.3, -0.25) is 4.90 Å². The summed E-state index contributed by atoms with van der Waals surface area (Å²) in [6, 6.07) is -1.17. The molecule has 3 rings (SSSR count). The van der Waals surface area contributed by atoms with Crippen molar-refractivity contribution < 1.29 is 18.3 Å². The molecule has 0 saturated heterocycles. The van der Waals surface area contributed by atoms with Crippen LogP contribution in [0.4, 0.5) is 13.6 Å². The van der Waals surface area contributed by atoms with Crippen molar-refractivity contribution in [2.75, 3.05) is 6.54 Å². The minimum Gasteiger partial charge on any atom is -0.444 e. The minimum absolute atomic E-state index is 0.293. The monoisotopic (exact) mass is 329 g/mol. The van der Waals surface area contributed by atoms with E-state index in [1.54, 1.807) is 32.1 Å². The van der Waals surface area contributed by atoms with Gasteiger partial charge in [-0.15, -0.1) is 11.3 Å². The van der Waals surface area contributed by atoms with Crippen LogP contribution in [0, 0.1) is 0 Å². The first-order valence-electron chi connectivity index (χ1n) is 7.66. The number of hydrogen-bond acceptors (Lipinski definition) is 3. The molecule has 1 saturated carbocycles. The molecule has 1 aliphatic heterocycles. The molecular weight excluding hydrogens is 308 g/mol. The van der Waals surface area contributed by atoms with Gasteiger partial charge in [0.05, 0.1) is 0 Å². The number of hydrogen-bond donors (Lipinski definition) is 0. The number of nitrogens with zero attached hydrogens (tertiary/aromatic N) is 1. The van der Waals surface area contributed by atoms with Crippen molar-refractivity contribution in [3.8, 4) is 0 Å². The lowest BCUT2D eigenvalue weighted by atomic mass is 9.94. The highest BCUT2D eigenvalue weighted by Crippen LogP contribution is 2.49. The second kappa shape index (κ2) is 5.48. The van der Waals surface area contributed by atoms with E-state index in [1.807, 2.05) is 5.38 Å². The number of fused-ring (bicyclic) bond motifs is 1. The summed E-state index contributed by atoms with van der Waals surface area (Å²) in [7, 11) is 0. The number of ether oxygens (including phenoxy) is 1. The fourth-order valence-electron chi connectivity index (χ4n) is 2.97. The van der Waals surface area contributed by atoms with Crippen molar-refractivity contribution in [1.29, 1.82) is 0 Å². The fourth-order valence-corrected chi connectivity index (χ4v) is 4.13. The molecule has 3 nitrogen and oxygen atoms in total. The molecule has 1 unspecified atom stereocenters. The molecule has 122 valence electrons. The standard InChI is InChI=1S/C16H21F2NO2S/c1-16(2,3)21-15(20)19-7-6-11-12(13(19)14(17)18)10(8-22-11)9-4-5-9/h8-9,13-14H,4-7H2,1-3H3. The van der Waals surface area contributed by atoms with E-state index in [0.717, 1.165) is 23.3 Å². The maximum atomic E-state index is 13.7. The number of halogens is 2. The van der Waals surface area contributed by atoms with E-state index in [4.69, 9.17) is 4.74 Å². The number of amides is 1. The molecule has 1 amide bonds. The molecule has 1 aliphatic carbocycles. The maximum absolute atomic E-state index is 13.7. The van der Waals surface area contributed by atoms with Crippen LogP contribution in [0.3, 0.4) is 0 Å². The molecule has 1 atom stereocenters. The first-order valence-corrected chi connectivity index (χ1v) is 8.54. The number of carbonyl (C=O) groups excluding carboxylic acids is 1. The Hall–Kier alpha value is -1.17. The predicted molar refractivity (Wildman–Crippen MR) is 81.7 cm³/mol. The van der Waals surface area contributed by atoms with Crippen molar-refractivity contribution in [3.63, 3.8) is 0 Å². The van der Waals surface area contributed by atoms with Crippen LogP contribution >= 0.6 is 11.3 Å². The summed E-state index contributed by atoms with van der Waals surface area (Å²) in [5.41, 5.74) is 1.04. The summed E-state index contributed by atoms with van der Waals surface area (Å²) < 4.78 is 32.8. The zero-order valence-corrected chi connectivity index (χ0v) is 13.9. The van der Waals surface area contributed by atoms with Crippen molar-refractivity contribution in [2.24, 2.45) is 0 Å². The molecule has 22 heavy (non-hydrogen) atoms. The Balaban J connectivity index is 1.92. The van der Waals surface area contributed by atoms with E-state index < -0.39 is 24.2 Å². The molecule has 0 aromatic carbocycles. The highest BCUT2D eigenvalue weighted by molar-refractivity contribution is 7.10. The zero-order chi connectivity index (χ0) is 16.1. The van der Waals surface area contributed by atoms with Crippen LogP contribution in [0.2, 0.25) is 0 Å². The van der Waals surface area contributed by atoms with Crippen LogP contribution in [0.5, 0.6) is 0 Å². The van der Waals surface area contributed by atoms with Gasteiger partial charge in [-0.1, -0.05) is 0 Å². The van der Waals surface area contributed by atoms with Gasteiger partial charge in [0.25, 0.3) is 6.43 Å². The number of thiophene rings is 1. The lowest BCUT2D eigenvalue weighted by molar-refractivity contribution is -0.0187. The molecule has 2 aliphatic rings. The Bertz CT molecular complexity index is 575. The van der Waals surface area contributed by atoms with Gasteiger partial charge in [0.15, 0.2) is 0 Å². The molecule has 2 heterocycles. The number of rotatable bonds is 2. The highest BCUT2D eigenvalue weighted by atomic mass is 32.1. The number of alkyl halides is 2. The first kappa shape index (κ1) is 15.7. The van der Waals surface area contributed by atoms with Gasteiger partial charge >= 0.3 is 6.09 Å². The van der Waals surface area contributed by atoms with E-state index in [-0.39, 0.29) is 0 Å². The summed E-state index contributed by atoms with van der Waals surface area (Å²) in [5.74, 6) is 0.403. The average Bonchev–Trinajstić information content (AvgIpc) is 3.15. The van der Waals surface area contributed by atoms with E-state index in [9.17, 15) is 13.6 Å². The van der Waals surface area contributed by atoms with Crippen molar-refractivity contribution in [3.05, 3.63) is 21.4 Å². The lowest BCUT2D eigenvalue weighted by Crippen LogP contribution is -2.45. The summed E-state index contributed by atoms with van der Waals surface area (Å²) >= 11 is 1.56. The summed E-state index contributed by atoms with van der Waals surface area (Å²) in [5, 5.41) is 2.01. The van der Waals surface area contributed by atoms with Crippen LogP contribution in [0.15, 0.2) is 5.38 Å². The third kappa shape index (κ3) is 2.98. The van der Waals surface area contributed by atoms with E-state index >= 15 is 0 Å². The molecule has 1 aromatic heterocycles. The van der Waals surface area contributed by atoms with E-state index in [0.29, 0.717) is 24.4 Å². The van der Waals surface area contributed by atoms with Crippen molar-refractivity contribution in [1.82, 2.24) is 4.90 Å². The molecule has 0 spiro atoms. The second-order valence-electron chi connectivity index (χ2n) is 7.01. The van der Waals surface area contributed by atoms with Crippen LogP contribution < -0.4 is 0 Å². The smallest absolute Gasteiger partial charge is 0.411 e. The van der Waals surface area contributed by atoms with Crippen LogP contribution in [0.1, 0.15) is 61.6 Å². The second-order valence-corrected chi connectivity index (χ2v) is 7.97. The molecular formula is C16H21F2NO2S. The number of carbonyl (C=O) groups is 1. The van der Waals surface area contributed by atoms with Gasteiger partial charge in [-0.25, -0.2) is 13.6 Å². The van der Waals surface area contributed by atoms with Crippen LogP contribution in [0.25, 0.3) is 0 Å². The van der Waals surface area contributed by atoms with Crippen molar-refractivity contribution in [2.45, 2.75) is 64.0 Å². The third-order valence-electron chi connectivity index (χ3n) is 4.03. The zero-order valence-electron chi connectivity index (χ0n) is 13.1. The Morgan fingerprint density at radius 1 is 1.41 bits per heavy atom. The van der Waals surface area contributed by atoms with Crippen LogP contribution in [-0.2, 0) is 11.2 Å². The van der Waals surface area contributed by atoms with Crippen LogP contribution in [-0.4, -0.2) is 29.6 Å². The van der Waals surface area contributed by atoms with Gasteiger partial charge < -0.3 is 4.74 Å². The molecule has 0 radical (unpaired) electrons. The van der Waals surface area contributed by atoms with Gasteiger partial charge in [0.2, 0.25) is 0 Å². The highest BCUT2D eigenvalue weighted by Gasteiger charge is 2.43. The molecule has 0 bridgehead atoms. The van der Waals surface area contributed by atoms with E-state index in [1.165, 1.54) is 4.90 Å². The largest absolute Gasteiger partial charge is 0.444 e. The van der Waals surface area contributed by atoms with Gasteiger partial charge in [0, 0.05) is 11.4 Å². The first-order chi connectivity index (χ1) is 10.3. The summed E-state index contributed by atoms with van der Waals surface area (Å²) in [6.07, 6.45) is -0.484. The quantitative estimate of drug-likeness (QED) is 0.785. The van der Waals surface area contributed by atoms with E-state index in [2.05, 4.69) is 0 Å².